The number of aromatic nitrogens is 3. The van der Waals surface area contributed by atoms with Crippen molar-refractivity contribution in [3.8, 4) is 16.3 Å². The Morgan fingerprint density at radius 3 is 2.59 bits per heavy atom. The summed E-state index contributed by atoms with van der Waals surface area (Å²) >= 11 is 1.39. The molecule has 0 aliphatic heterocycles. The molecular weight excluding hydrogens is 543 g/mol. The predicted molar refractivity (Wildman–Crippen MR) is 165 cm³/mol. The highest BCUT2D eigenvalue weighted by Gasteiger charge is 2.30. The summed E-state index contributed by atoms with van der Waals surface area (Å²) in [5.74, 6) is 0.0457. The van der Waals surface area contributed by atoms with E-state index in [-0.39, 0.29) is 35.7 Å². The number of amides is 3. The van der Waals surface area contributed by atoms with Crippen molar-refractivity contribution in [1.29, 1.82) is 0 Å². The normalized spacial score (nSPS) is 12.8. The summed E-state index contributed by atoms with van der Waals surface area (Å²) in [5.41, 5.74) is 1.67. The van der Waals surface area contributed by atoms with Crippen molar-refractivity contribution >= 4 is 69.8 Å². The van der Waals surface area contributed by atoms with E-state index < -0.39 is 11.1 Å². The van der Waals surface area contributed by atoms with E-state index in [2.05, 4.69) is 36.4 Å². The number of hydrogen-bond acceptors (Lipinski definition) is 10. The minimum Gasteiger partial charge on any atom is -0.494 e. The van der Waals surface area contributed by atoms with Crippen LogP contribution in [0.2, 0.25) is 0 Å². The van der Waals surface area contributed by atoms with Gasteiger partial charge in [0.15, 0.2) is 17.3 Å². The number of carbonyl (C=O) groups is 3. The molecule has 12 nitrogen and oxygen atoms in total. The van der Waals surface area contributed by atoms with Gasteiger partial charge in [0.25, 0.3) is 5.91 Å². The zero-order valence-electron chi connectivity index (χ0n) is 23.8. The van der Waals surface area contributed by atoms with Crippen LogP contribution in [0.15, 0.2) is 30.5 Å². The lowest BCUT2D eigenvalue weighted by atomic mass is 9.49. The molecule has 3 amide bonds. The fourth-order valence-corrected chi connectivity index (χ4v) is 4.82. The smallest absolute Gasteiger partial charge is 0.272 e. The zero-order chi connectivity index (χ0) is 29.6. The Bertz CT molecular complexity index is 1430. The van der Waals surface area contributed by atoms with Crippen LogP contribution in [0, 0.1) is 5.92 Å². The van der Waals surface area contributed by atoms with E-state index in [4.69, 9.17) is 9.47 Å². The van der Waals surface area contributed by atoms with E-state index in [1.54, 1.807) is 32.5 Å². The second kappa shape index (κ2) is 13.2. The first-order valence-corrected chi connectivity index (χ1v) is 14.1. The number of ether oxygens (including phenoxy) is 2. The molecule has 2 heterocycles. The van der Waals surface area contributed by atoms with Crippen LogP contribution in [0.1, 0.15) is 28.2 Å². The molecule has 0 spiro atoms. The van der Waals surface area contributed by atoms with E-state index in [1.807, 2.05) is 35.7 Å². The molecule has 1 saturated carbocycles. The molecule has 4 N–H and O–H groups in total. The molecule has 0 bridgehead atoms. The molecule has 0 radical (unpaired) electrons. The van der Waals surface area contributed by atoms with Crippen molar-refractivity contribution in [1.82, 2.24) is 25.8 Å². The number of para-hydroxylation sites is 1. The fourth-order valence-electron chi connectivity index (χ4n) is 3.89. The summed E-state index contributed by atoms with van der Waals surface area (Å²) in [5, 5.41) is 20.1. The Kier molecular flexibility index (Phi) is 9.66. The van der Waals surface area contributed by atoms with Crippen LogP contribution in [-0.2, 0) is 20.7 Å². The Hall–Kier alpha value is -3.91. The van der Waals surface area contributed by atoms with E-state index in [9.17, 15) is 14.4 Å². The standard InChI is InChI=1S/C25H32B3N7O5S/c1-39-9-8-29-19(36)10-14-12-30-24(41-14)15-4-3-5-16(21(15)40-2)31-17-11-18(32-22(37)13-6-7-13)34-35-20(17)23(38)33-25(26,27)28/h3-5,11-13H,6-10,26-28H2,1-2H3,(H,29,36)(H,33,38)(H2,31,32,34,37). The number of thiazole rings is 1. The molecule has 2 aromatic heterocycles. The number of nitrogens with zero attached hydrogens (tertiary/aromatic N) is 3. The molecule has 16 heteroatoms. The van der Waals surface area contributed by atoms with E-state index >= 15 is 0 Å². The van der Waals surface area contributed by atoms with Gasteiger partial charge in [0, 0.05) is 36.7 Å². The SMILES string of the molecule is BC(B)(B)NC(=O)c1nnc(NC(=O)C2CC2)cc1Nc1cccc(-c2ncc(CC(=O)NCCOC)s2)c1OC. The molecule has 1 aliphatic rings. The average molecular weight is 575 g/mol. The molecule has 212 valence electrons. The summed E-state index contributed by atoms with van der Waals surface area (Å²) in [6.07, 6.45) is 3.56. The fraction of sp³-hybridized carbons (Fsp3) is 0.360. The number of methoxy groups -OCH3 is 2. The van der Waals surface area contributed by atoms with Crippen LogP contribution in [0.5, 0.6) is 5.75 Å². The molecular formula is C25H32B3N7O5S. The Morgan fingerprint density at radius 2 is 1.90 bits per heavy atom. The van der Waals surface area contributed by atoms with Crippen LogP contribution < -0.4 is 26.0 Å². The lowest BCUT2D eigenvalue weighted by Gasteiger charge is -2.22. The Balaban J connectivity index is 1.62. The van der Waals surface area contributed by atoms with Gasteiger partial charge >= 0.3 is 0 Å². The Labute approximate surface area is 245 Å². The molecule has 0 atom stereocenters. The van der Waals surface area contributed by atoms with Crippen molar-refractivity contribution in [3.05, 3.63) is 41.0 Å². The van der Waals surface area contributed by atoms with Gasteiger partial charge in [0.2, 0.25) is 11.8 Å². The predicted octanol–water partition coefficient (Wildman–Crippen LogP) is -0.754. The summed E-state index contributed by atoms with van der Waals surface area (Å²) in [6, 6.07) is 7.08. The molecule has 41 heavy (non-hydrogen) atoms. The van der Waals surface area contributed by atoms with Crippen molar-refractivity contribution < 1.29 is 23.9 Å². The highest BCUT2D eigenvalue weighted by Crippen LogP contribution is 2.40. The molecule has 0 unspecified atom stereocenters. The monoisotopic (exact) mass is 575 g/mol. The number of anilines is 3. The third kappa shape index (κ3) is 8.30. The van der Waals surface area contributed by atoms with Gasteiger partial charge in [-0.25, -0.2) is 4.98 Å². The summed E-state index contributed by atoms with van der Waals surface area (Å²) in [4.78, 5) is 43.0. The van der Waals surface area contributed by atoms with Crippen molar-refractivity contribution in [2.75, 3.05) is 38.0 Å². The van der Waals surface area contributed by atoms with Crippen LogP contribution in [0.25, 0.3) is 10.6 Å². The van der Waals surface area contributed by atoms with Gasteiger partial charge in [0.1, 0.15) is 28.5 Å². The summed E-state index contributed by atoms with van der Waals surface area (Å²) in [7, 11) is 8.73. The molecule has 1 aliphatic carbocycles. The third-order valence-electron chi connectivity index (χ3n) is 5.93. The van der Waals surface area contributed by atoms with Crippen LogP contribution >= 0.6 is 11.3 Å². The molecule has 0 saturated heterocycles. The minimum absolute atomic E-state index is 0.0199. The number of rotatable bonds is 13. The van der Waals surface area contributed by atoms with Crippen LogP contribution in [0.4, 0.5) is 17.2 Å². The van der Waals surface area contributed by atoms with Gasteiger partial charge in [-0.1, -0.05) is 6.07 Å². The molecule has 3 aromatic rings. The highest BCUT2D eigenvalue weighted by molar-refractivity contribution is 7.15. The quantitative estimate of drug-likeness (QED) is 0.152. The first-order valence-electron chi connectivity index (χ1n) is 13.2. The van der Waals surface area contributed by atoms with E-state index in [0.29, 0.717) is 40.8 Å². The van der Waals surface area contributed by atoms with Gasteiger partial charge in [0.05, 0.1) is 37.1 Å². The maximum absolute atomic E-state index is 13.1. The number of carbonyl (C=O) groups excluding carboxylic acids is 3. The second-order valence-electron chi connectivity index (χ2n) is 10.6. The third-order valence-corrected chi connectivity index (χ3v) is 6.96. The summed E-state index contributed by atoms with van der Waals surface area (Å²) < 4.78 is 10.7. The van der Waals surface area contributed by atoms with Gasteiger partial charge in [-0.2, -0.15) is 0 Å². The van der Waals surface area contributed by atoms with Gasteiger partial charge in [-0.05, 0) is 30.2 Å². The molecule has 1 fully saturated rings. The van der Waals surface area contributed by atoms with E-state index in [0.717, 1.165) is 17.7 Å². The van der Waals surface area contributed by atoms with Crippen LogP contribution in [0.3, 0.4) is 0 Å². The van der Waals surface area contributed by atoms with Gasteiger partial charge in [-0.3, -0.25) is 14.4 Å². The maximum atomic E-state index is 13.1. The van der Waals surface area contributed by atoms with Gasteiger partial charge < -0.3 is 30.7 Å². The van der Waals surface area contributed by atoms with Crippen molar-refractivity contribution in [2.24, 2.45) is 5.92 Å². The largest absolute Gasteiger partial charge is 0.494 e. The second-order valence-corrected chi connectivity index (χ2v) is 11.7. The van der Waals surface area contributed by atoms with Crippen molar-refractivity contribution in [3.63, 3.8) is 0 Å². The van der Waals surface area contributed by atoms with Crippen LogP contribution in [-0.4, -0.2) is 89.0 Å². The zero-order valence-corrected chi connectivity index (χ0v) is 24.6. The number of hydrogen-bond donors (Lipinski definition) is 4. The highest BCUT2D eigenvalue weighted by atomic mass is 32.1. The minimum atomic E-state index is -0.504. The number of nitrogens with one attached hydrogen (secondary N) is 4. The molecule has 1 aromatic carbocycles. The van der Waals surface area contributed by atoms with Gasteiger partial charge in [-0.15, -0.1) is 21.5 Å². The average Bonchev–Trinajstić information content (AvgIpc) is 3.67. The molecule has 4 rings (SSSR count). The first-order chi connectivity index (χ1) is 19.6. The maximum Gasteiger partial charge on any atom is 0.272 e. The van der Waals surface area contributed by atoms with E-state index in [1.165, 1.54) is 11.3 Å². The first kappa shape index (κ1) is 30.1. The van der Waals surface area contributed by atoms with Crippen molar-refractivity contribution in [2.45, 2.75) is 24.5 Å². The number of benzene rings is 1. The lowest BCUT2D eigenvalue weighted by molar-refractivity contribution is -0.120. The topological polar surface area (TPSA) is 156 Å². The lowest BCUT2D eigenvalue weighted by Crippen LogP contribution is -2.50. The Morgan fingerprint density at radius 1 is 1.12 bits per heavy atom. The summed E-state index contributed by atoms with van der Waals surface area (Å²) in [6.45, 7) is 0.881.